The summed E-state index contributed by atoms with van der Waals surface area (Å²) in [5.74, 6) is -2.25. The summed E-state index contributed by atoms with van der Waals surface area (Å²) >= 11 is 0. The van der Waals surface area contributed by atoms with Crippen molar-refractivity contribution in [3.8, 4) is 5.69 Å². The number of carbonyl (C=O) groups is 1. The van der Waals surface area contributed by atoms with Gasteiger partial charge in [0.15, 0.2) is 5.69 Å². The Labute approximate surface area is 105 Å². The Hall–Kier alpha value is -2.84. The average molecular weight is 266 g/mol. The predicted molar refractivity (Wildman–Crippen MR) is 59.7 cm³/mol. The normalized spacial score (nSPS) is 10.4. The largest absolute Gasteiger partial charge is 0.476 e. The highest BCUT2D eigenvalue weighted by Gasteiger charge is 2.19. The highest BCUT2D eigenvalue weighted by atomic mass is 19.1. The van der Waals surface area contributed by atoms with E-state index >= 15 is 0 Å². The van der Waals surface area contributed by atoms with Crippen LogP contribution >= 0.6 is 0 Å². The monoisotopic (exact) mass is 266 g/mol. The van der Waals surface area contributed by atoms with E-state index in [1.165, 1.54) is 13.0 Å². The molecule has 0 saturated heterocycles. The van der Waals surface area contributed by atoms with Crippen molar-refractivity contribution in [1.29, 1.82) is 0 Å². The van der Waals surface area contributed by atoms with Gasteiger partial charge in [-0.1, -0.05) is 5.21 Å². The smallest absolute Gasteiger partial charge is 0.358 e. The van der Waals surface area contributed by atoms with E-state index in [9.17, 15) is 19.3 Å². The summed E-state index contributed by atoms with van der Waals surface area (Å²) in [7, 11) is 0. The molecule has 0 unspecified atom stereocenters. The van der Waals surface area contributed by atoms with Crippen LogP contribution in [0.15, 0.2) is 18.2 Å². The molecule has 0 aliphatic carbocycles. The molecule has 19 heavy (non-hydrogen) atoms. The molecule has 1 aromatic heterocycles. The van der Waals surface area contributed by atoms with E-state index in [1.807, 2.05) is 0 Å². The van der Waals surface area contributed by atoms with Gasteiger partial charge in [0.25, 0.3) is 0 Å². The van der Waals surface area contributed by atoms with E-state index in [4.69, 9.17) is 5.11 Å². The van der Waals surface area contributed by atoms with Crippen molar-refractivity contribution in [2.75, 3.05) is 0 Å². The number of nitro benzene ring substituents is 1. The summed E-state index contributed by atoms with van der Waals surface area (Å²) in [6.07, 6.45) is 0. The fraction of sp³-hybridized carbons (Fsp3) is 0.100. The van der Waals surface area contributed by atoms with Crippen molar-refractivity contribution in [2.45, 2.75) is 6.92 Å². The molecule has 0 aliphatic heterocycles. The van der Waals surface area contributed by atoms with Gasteiger partial charge in [0, 0.05) is 6.07 Å². The number of rotatable bonds is 3. The van der Waals surface area contributed by atoms with Crippen molar-refractivity contribution >= 4 is 11.7 Å². The summed E-state index contributed by atoms with van der Waals surface area (Å²) in [5.41, 5.74) is -0.643. The molecule has 98 valence electrons. The minimum absolute atomic E-state index is 0.158. The fourth-order valence-electron chi connectivity index (χ4n) is 1.54. The second-order valence-electron chi connectivity index (χ2n) is 3.63. The van der Waals surface area contributed by atoms with Gasteiger partial charge in [0.1, 0.15) is 0 Å². The molecule has 0 atom stereocenters. The molecule has 0 fully saturated rings. The zero-order valence-corrected chi connectivity index (χ0v) is 9.57. The van der Waals surface area contributed by atoms with Crippen LogP contribution in [0.4, 0.5) is 10.1 Å². The summed E-state index contributed by atoms with van der Waals surface area (Å²) < 4.78 is 14.3. The Bertz CT molecular complexity index is 682. The highest BCUT2D eigenvalue weighted by Crippen LogP contribution is 2.21. The number of aromatic carboxylic acids is 1. The molecule has 1 N–H and O–H groups in total. The van der Waals surface area contributed by atoms with Crippen molar-refractivity contribution in [1.82, 2.24) is 15.0 Å². The van der Waals surface area contributed by atoms with E-state index in [0.29, 0.717) is 0 Å². The minimum Gasteiger partial charge on any atom is -0.476 e. The van der Waals surface area contributed by atoms with Crippen molar-refractivity contribution in [3.05, 3.63) is 45.5 Å². The molecule has 2 rings (SSSR count). The van der Waals surface area contributed by atoms with Crippen LogP contribution < -0.4 is 0 Å². The molecule has 0 spiro atoms. The number of nitrogens with zero attached hydrogens (tertiary/aromatic N) is 4. The molecular formula is C10H7FN4O4. The van der Waals surface area contributed by atoms with Crippen LogP contribution in [0.2, 0.25) is 0 Å². The Morgan fingerprint density at radius 1 is 1.53 bits per heavy atom. The van der Waals surface area contributed by atoms with Gasteiger partial charge in [-0.3, -0.25) is 10.1 Å². The molecule has 1 aromatic carbocycles. The first-order valence-corrected chi connectivity index (χ1v) is 5.01. The first-order chi connectivity index (χ1) is 8.91. The second-order valence-corrected chi connectivity index (χ2v) is 3.63. The predicted octanol–water partition coefficient (Wildman–Crippen LogP) is 1.32. The van der Waals surface area contributed by atoms with Gasteiger partial charge in [0.2, 0.25) is 5.82 Å². The molecule has 9 heteroatoms. The molecule has 0 bridgehead atoms. The Morgan fingerprint density at radius 2 is 2.21 bits per heavy atom. The standard InChI is InChI=1S/C10H7FN4O4/c1-5-9(10(16)17)12-13-14(5)6-2-3-7(11)8(4-6)15(18)19/h2-4H,1H3,(H,16,17). The third-order valence-corrected chi connectivity index (χ3v) is 2.47. The Morgan fingerprint density at radius 3 is 2.74 bits per heavy atom. The topological polar surface area (TPSA) is 111 Å². The lowest BCUT2D eigenvalue weighted by Gasteiger charge is -2.03. The SMILES string of the molecule is Cc1c(C(=O)O)nnn1-c1ccc(F)c([N+](=O)[O-])c1. The minimum atomic E-state index is -1.26. The summed E-state index contributed by atoms with van der Waals surface area (Å²) in [6.45, 7) is 1.44. The molecule has 1 heterocycles. The van der Waals surface area contributed by atoms with Crippen molar-refractivity contribution < 1.29 is 19.2 Å². The van der Waals surface area contributed by atoms with E-state index in [2.05, 4.69) is 10.3 Å². The van der Waals surface area contributed by atoms with Crippen LogP contribution in [0.1, 0.15) is 16.2 Å². The molecular weight excluding hydrogens is 259 g/mol. The van der Waals surface area contributed by atoms with Gasteiger partial charge in [0.05, 0.1) is 16.3 Å². The molecule has 0 aliphatic rings. The fourth-order valence-corrected chi connectivity index (χ4v) is 1.54. The van der Waals surface area contributed by atoms with Crippen LogP contribution in [0.25, 0.3) is 5.69 Å². The molecule has 8 nitrogen and oxygen atoms in total. The zero-order chi connectivity index (χ0) is 14.2. The number of aromatic nitrogens is 3. The van der Waals surface area contributed by atoms with Gasteiger partial charge >= 0.3 is 11.7 Å². The van der Waals surface area contributed by atoms with Crippen molar-refractivity contribution in [3.63, 3.8) is 0 Å². The quantitative estimate of drug-likeness (QED) is 0.662. The lowest BCUT2D eigenvalue weighted by atomic mass is 10.2. The number of carboxylic acid groups (broad SMARTS) is 1. The Kier molecular flexibility index (Phi) is 2.95. The average Bonchev–Trinajstić information content (AvgIpc) is 2.71. The third-order valence-electron chi connectivity index (χ3n) is 2.47. The maximum atomic E-state index is 13.2. The van der Waals surface area contributed by atoms with Crippen LogP contribution in [-0.2, 0) is 0 Å². The van der Waals surface area contributed by atoms with E-state index in [1.54, 1.807) is 0 Å². The number of hydrogen-bond donors (Lipinski definition) is 1. The van der Waals surface area contributed by atoms with Gasteiger partial charge < -0.3 is 5.11 Å². The molecule has 0 radical (unpaired) electrons. The van der Waals surface area contributed by atoms with Gasteiger partial charge in [-0.05, 0) is 19.1 Å². The van der Waals surface area contributed by atoms with E-state index in [0.717, 1.165) is 16.8 Å². The van der Waals surface area contributed by atoms with Gasteiger partial charge in [-0.2, -0.15) is 4.39 Å². The lowest BCUT2D eigenvalue weighted by molar-refractivity contribution is -0.387. The summed E-state index contributed by atoms with van der Waals surface area (Å²) in [4.78, 5) is 20.6. The Balaban J connectivity index is 2.57. The second kappa shape index (κ2) is 4.44. The lowest BCUT2D eigenvalue weighted by Crippen LogP contribution is -2.03. The van der Waals surface area contributed by atoms with Crippen molar-refractivity contribution in [2.24, 2.45) is 0 Å². The zero-order valence-electron chi connectivity index (χ0n) is 9.57. The number of hydrogen-bond acceptors (Lipinski definition) is 5. The highest BCUT2D eigenvalue weighted by molar-refractivity contribution is 5.86. The number of benzene rings is 1. The molecule has 0 saturated carbocycles. The first-order valence-electron chi connectivity index (χ1n) is 5.01. The molecule has 0 amide bonds. The van der Waals surface area contributed by atoms with E-state index in [-0.39, 0.29) is 17.1 Å². The van der Waals surface area contributed by atoms with Gasteiger partial charge in [-0.15, -0.1) is 5.10 Å². The van der Waals surface area contributed by atoms with Crippen LogP contribution in [0.5, 0.6) is 0 Å². The number of halogens is 1. The number of carboxylic acids is 1. The number of nitro groups is 1. The maximum Gasteiger partial charge on any atom is 0.358 e. The summed E-state index contributed by atoms with van der Waals surface area (Å²) in [5, 5.41) is 26.5. The van der Waals surface area contributed by atoms with E-state index < -0.39 is 22.4 Å². The van der Waals surface area contributed by atoms with Crippen LogP contribution in [-0.4, -0.2) is 31.0 Å². The first kappa shape index (κ1) is 12.6. The molecule has 2 aromatic rings. The summed E-state index contributed by atoms with van der Waals surface area (Å²) in [6, 6.07) is 3.12. The van der Waals surface area contributed by atoms with Gasteiger partial charge in [-0.25, -0.2) is 9.48 Å². The third kappa shape index (κ3) is 2.12. The maximum absolute atomic E-state index is 13.2. The van der Waals surface area contributed by atoms with Crippen LogP contribution in [0.3, 0.4) is 0 Å². The van der Waals surface area contributed by atoms with Crippen LogP contribution in [0, 0.1) is 22.9 Å².